The van der Waals surface area contributed by atoms with Crippen LogP contribution in [0.3, 0.4) is 0 Å². The van der Waals surface area contributed by atoms with Gasteiger partial charge in [-0.05, 0) is 25.5 Å². The molecule has 2 N–H and O–H groups in total. The zero-order chi connectivity index (χ0) is 9.30. The predicted molar refractivity (Wildman–Crippen MR) is 54.2 cm³/mol. The molecule has 1 nitrogen and oxygen atoms in total. The van der Waals surface area contributed by atoms with Gasteiger partial charge in [0.15, 0.2) is 5.82 Å². The molecule has 0 radical (unpaired) electrons. The molecule has 0 aliphatic heterocycles. The van der Waals surface area contributed by atoms with Gasteiger partial charge >= 0.3 is 0 Å². The van der Waals surface area contributed by atoms with Crippen molar-refractivity contribution >= 4 is 30.5 Å². The van der Waals surface area contributed by atoms with E-state index in [0.29, 0.717) is 11.0 Å². The minimum Gasteiger partial charge on any atom is -0.398 e. The third-order valence-corrected chi connectivity index (χ3v) is 3.19. The number of anilines is 1. The summed E-state index contributed by atoms with van der Waals surface area (Å²) in [6, 6.07) is 3.12. The van der Waals surface area contributed by atoms with E-state index in [1.165, 1.54) is 6.07 Å². The Balaban J connectivity index is 3.33. The minimum absolute atomic E-state index is 0.149. The van der Waals surface area contributed by atoms with Crippen LogP contribution in [-0.4, -0.2) is 13.3 Å². The summed E-state index contributed by atoms with van der Waals surface area (Å²) in [6.07, 6.45) is 0. The molecule has 0 aliphatic carbocycles. The van der Waals surface area contributed by atoms with Crippen LogP contribution in [0.25, 0.3) is 0 Å². The van der Waals surface area contributed by atoms with Gasteiger partial charge in [-0.1, -0.05) is 19.5 Å². The lowest BCUT2D eigenvalue weighted by Crippen LogP contribution is -2.12. The highest BCUT2D eigenvalue weighted by molar-refractivity contribution is 7.64. The van der Waals surface area contributed by atoms with Gasteiger partial charge in [0.05, 0.1) is 5.02 Å². The van der Waals surface area contributed by atoms with Crippen molar-refractivity contribution in [2.75, 3.05) is 19.1 Å². The molecule has 0 bridgehead atoms. The lowest BCUT2D eigenvalue weighted by molar-refractivity contribution is 0.637. The average molecular weight is 206 g/mol. The molecule has 0 saturated carbocycles. The van der Waals surface area contributed by atoms with Crippen LogP contribution in [-0.2, 0) is 0 Å². The number of hydrogen-bond donors (Lipinski definition) is 1. The Hall–Kier alpha value is -0.330. The zero-order valence-corrected chi connectivity index (χ0v) is 8.59. The minimum atomic E-state index is -0.538. The molecule has 66 valence electrons. The van der Waals surface area contributed by atoms with Crippen molar-refractivity contribution in [1.29, 1.82) is 0 Å². The SMILES string of the molecule is CP(C)c1c(N)ccc(Cl)c1F. The van der Waals surface area contributed by atoms with Gasteiger partial charge in [-0.25, -0.2) is 4.39 Å². The fraction of sp³-hybridized carbons (Fsp3) is 0.250. The van der Waals surface area contributed by atoms with Crippen LogP contribution < -0.4 is 11.0 Å². The standard InChI is InChI=1S/C8H10ClFNP/c1-12(2)8-6(11)4-3-5(9)7(8)10/h3-4H,11H2,1-2H3. The third kappa shape index (κ3) is 1.70. The predicted octanol–water partition coefficient (Wildman–Crippen LogP) is 2.43. The molecule has 0 amide bonds. The van der Waals surface area contributed by atoms with Gasteiger partial charge in [0, 0.05) is 11.0 Å². The molecular formula is C8H10ClFNP. The Morgan fingerprint density at radius 1 is 1.42 bits per heavy atom. The summed E-state index contributed by atoms with van der Waals surface area (Å²) >= 11 is 5.61. The molecule has 0 aromatic heterocycles. The van der Waals surface area contributed by atoms with E-state index < -0.39 is 7.92 Å². The number of benzene rings is 1. The van der Waals surface area contributed by atoms with Crippen molar-refractivity contribution in [3.63, 3.8) is 0 Å². The van der Waals surface area contributed by atoms with Gasteiger partial charge in [-0.15, -0.1) is 0 Å². The number of rotatable bonds is 1. The smallest absolute Gasteiger partial charge is 0.151 e. The van der Waals surface area contributed by atoms with Crippen molar-refractivity contribution in [2.24, 2.45) is 0 Å². The Bertz CT molecular complexity index is 301. The van der Waals surface area contributed by atoms with Crippen LogP contribution >= 0.6 is 19.5 Å². The number of halogens is 2. The fourth-order valence-electron chi connectivity index (χ4n) is 1.01. The molecular weight excluding hydrogens is 196 g/mol. The number of hydrogen-bond acceptors (Lipinski definition) is 1. The van der Waals surface area contributed by atoms with E-state index in [1.807, 2.05) is 13.3 Å². The largest absolute Gasteiger partial charge is 0.398 e. The van der Waals surface area contributed by atoms with E-state index in [-0.39, 0.29) is 10.8 Å². The summed E-state index contributed by atoms with van der Waals surface area (Å²) in [4.78, 5) is 0. The Labute approximate surface area is 77.5 Å². The van der Waals surface area contributed by atoms with Crippen LogP contribution in [0.2, 0.25) is 5.02 Å². The molecule has 0 atom stereocenters. The van der Waals surface area contributed by atoms with E-state index in [0.717, 1.165) is 0 Å². The summed E-state index contributed by atoms with van der Waals surface area (Å²) in [5, 5.41) is 0.716. The lowest BCUT2D eigenvalue weighted by Gasteiger charge is -2.11. The Kier molecular flexibility index (Phi) is 2.92. The first-order valence-electron chi connectivity index (χ1n) is 3.45. The van der Waals surface area contributed by atoms with Crippen molar-refractivity contribution in [3.8, 4) is 0 Å². The first-order chi connectivity index (χ1) is 5.54. The van der Waals surface area contributed by atoms with Crippen molar-refractivity contribution in [2.45, 2.75) is 0 Å². The second-order valence-electron chi connectivity index (χ2n) is 2.69. The van der Waals surface area contributed by atoms with Gasteiger partial charge in [-0.3, -0.25) is 0 Å². The maximum Gasteiger partial charge on any atom is 0.151 e. The monoisotopic (exact) mass is 205 g/mol. The van der Waals surface area contributed by atoms with Crippen molar-refractivity contribution < 1.29 is 4.39 Å². The van der Waals surface area contributed by atoms with Gasteiger partial charge in [0.2, 0.25) is 0 Å². The van der Waals surface area contributed by atoms with E-state index >= 15 is 0 Å². The maximum absolute atomic E-state index is 13.3. The van der Waals surface area contributed by atoms with Crippen molar-refractivity contribution in [3.05, 3.63) is 23.0 Å². The van der Waals surface area contributed by atoms with Crippen LogP contribution in [0.15, 0.2) is 12.1 Å². The van der Waals surface area contributed by atoms with Gasteiger partial charge in [0.25, 0.3) is 0 Å². The van der Waals surface area contributed by atoms with Gasteiger partial charge in [-0.2, -0.15) is 0 Å². The molecule has 0 aliphatic rings. The Morgan fingerprint density at radius 2 is 2.00 bits per heavy atom. The van der Waals surface area contributed by atoms with Crippen LogP contribution in [0, 0.1) is 5.82 Å². The normalized spacial score (nSPS) is 10.8. The molecule has 1 aromatic carbocycles. The number of nitrogen functional groups attached to an aromatic ring is 1. The number of nitrogens with two attached hydrogens (primary N) is 1. The Morgan fingerprint density at radius 3 is 2.42 bits per heavy atom. The topological polar surface area (TPSA) is 26.0 Å². The van der Waals surface area contributed by atoms with E-state index in [4.69, 9.17) is 17.3 Å². The molecule has 1 rings (SSSR count). The molecule has 0 saturated heterocycles. The quantitative estimate of drug-likeness (QED) is 0.553. The van der Waals surface area contributed by atoms with Gasteiger partial charge in [0.1, 0.15) is 0 Å². The molecule has 0 unspecified atom stereocenters. The second-order valence-corrected chi connectivity index (χ2v) is 5.34. The van der Waals surface area contributed by atoms with Crippen LogP contribution in [0.1, 0.15) is 0 Å². The van der Waals surface area contributed by atoms with Crippen molar-refractivity contribution in [1.82, 2.24) is 0 Å². The zero-order valence-electron chi connectivity index (χ0n) is 6.94. The molecule has 1 aromatic rings. The first-order valence-corrected chi connectivity index (χ1v) is 6.06. The summed E-state index contributed by atoms with van der Waals surface area (Å²) in [5.74, 6) is -0.368. The molecule has 0 heterocycles. The molecule has 4 heteroatoms. The fourth-order valence-corrected chi connectivity index (χ4v) is 2.34. The highest BCUT2D eigenvalue weighted by Crippen LogP contribution is 2.31. The summed E-state index contributed by atoms with van der Waals surface area (Å²) in [7, 11) is -0.538. The molecule has 0 fully saturated rings. The summed E-state index contributed by atoms with van der Waals surface area (Å²) < 4.78 is 13.3. The highest BCUT2D eigenvalue weighted by atomic mass is 35.5. The van der Waals surface area contributed by atoms with E-state index in [1.54, 1.807) is 6.07 Å². The van der Waals surface area contributed by atoms with E-state index in [2.05, 4.69) is 0 Å². The lowest BCUT2D eigenvalue weighted by atomic mass is 10.3. The van der Waals surface area contributed by atoms with Crippen LogP contribution in [0.4, 0.5) is 10.1 Å². The maximum atomic E-state index is 13.3. The summed E-state index contributed by atoms with van der Waals surface area (Å²) in [5.41, 5.74) is 6.10. The summed E-state index contributed by atoms with van der Waals surface area (Å²) in [6.45, 7) is 3.89. The average Bonchev–Trinajstić information content (AvgIpc) is 1.97. The van der Waals surface area contributed by atoms with Crippen LogP contribution in [0.5, 0.6) is 0 Å². The molecule has 12 heavy (non-hydrogen) atoms. The third-order valence-electron chi connectivity index (χ3n) is 1.55. The molecule has 0 spiro atoms. The second kappa shape index (κ2) is 3.59. The highest BCUT2D eigenvalue weighted by Gasteiger charge is 2.12. The van der Waals surface area contributed by atoms with E-state index in [9.17, 15) is 4.39 Å². The first kappa shape index (κ1) is 9.76. The van der Waals surface area contributed by atoms with Gasteiger partial charge < -0.3 is 5.73 Å².